The van der Waals surface area contributed by atoms with Gasteiger partial charge in [-0.25, -0.2) is 0 Å². The van der Waals surface area contributed by atoms with Crippen molar-refractivity contribution < 1.29 is 4.79 Å². The molecule has 0 radical (unpaired) electrons. The Labute approximate surface area is 84.5 Å². The number of amides is 1. The van der Waals surface area contributed by atoms with Gasteiger partial charge in [-0.2, -0.15) is 0 Å². The molecule has 1 aromatic rings. The third kappa shape index (κ3) is 3.72. The molecule has 0 aliphatic rings. The smallest absolute Gasteiger partial charge is 0.229 e. The van der Waals surface area contributed by atoms with E-state index in [9.17, 15) is 4.79 Å². The third-order valence-corrected chi connectivity index (χ3v) is 1.63. The molecular formula is C9H7BrN2O. The third-order valence-electron chi connectivity index (χ3n) is 1.20. The summed E-state index contributed by atoms with van der Waals surface area (Å²) in [5, 5.41) is 0. The van der Waals surface area contributed by atoms with Crippen LogP contribution in [0.5, 0.6) is 0 Å². The quantitative estimate of drug-likeness (QED) is 0.745. The van der Waals surface area contributed by atoms with Crippen molar-refractivity contribution in [2.45, 2.75) is 6.42 Å². The zero-order chi connectivity index (χ0) is 9.68. The molecule has 13 heavy (non-hydrogen) atoms. The highest BCUT2D eigenvalue weighted by molar-refractivity contribution is 9.10. The van der Waals surface area contributed by atoms with E-state index in [1.807, 2.05) is 6.07 Å². The number of halogens is 1. The summed E-state index contributed by atoms with van der Waals surface area (Å²) in [5.41, 5.74) is 5.68. The van der Waals surface area contributed by atoms with E-state index in [-0.39, 0.29) is 6.42 Å². The summed E-state index contributed by atoms with van der Waals surface area (Å²) in [6, 6.07) is 1.82. The number of hydrogen-bond acceptors (Lipinski definition) is 2. The van der Waals surface area contributed by atoms with Gasteiger partial charge in [0.2, 0.25) is 5.91 Å². The van der Waals surface area contributed by atoms with Crippen LogP contribution in [-0.2, 0) is 4.79 Å². The van der Waals surface area contributed by atoms with Gasteiger partial charge in [0.15, 0.2) is 0 Å². The molecule has 0 fully saturated rings. The Morgan fingerprint density at radius 2 is 2.38 bits per heavy atom. The maximum atomic E-state index is 10.4. The van der Waals surface area contributed by atoms with Gasteiger partial charge in [0.25, 0.3) is 0 Å². The summed E-state index contributed by atoms with van der Waals surface area (Å²) in [6.07, 6.45) is 3.37. The van der Waals surface area contributed by atoms with Gasteiger partial charge in [-0.05, 0) is 22.0 Å². The second-order valence-corrected chi connectivity index (χ2v) is 3.25. The molecule has 0 spiro atoms. The van der Waals surface area contributed by atoms with Gasteiger partial charge in [-0.1, -0.05) is 11.8 Å². The van der Waals surface area contributed by atoms with E-state index >= 15 is 0 Å². The van der Waals surface area contributed by atoms with E-state index in [0.717, 1.165) is 10.0 Å². The zero-order valence-electron chi connectivity index (χ0n) is 6.75. The Balaban J connectivity index is 2.72. The van der Waals surface area contributed by atoms with Crippen molar-refractivity contribution in [3.8, 4) is 11.8 Å². The lowest BCUT2D eigenvalue weighted by Crippen LogP contribution is -2.08. The van der Waals surface area contributed by atoms with Gasteiger partial charge >= 0.3 is 0 Å². The molecule has 4 heteroatoms. The minimum Gasteiger partial charge on any atom is -0.369 e. The molecule has 0 aliphatic heterocycles. The van der Waals surface area contributed by atoms with Crippen molar-refractivity contribution in [3.63, 3.8) is 0 Å². The van der Waals surface area contributed by atoms with E-state index in [1.54, 1.807) is 12.4 Å². The molecule has 0 atom stereocenters. The van der Waals surface area contributed by atoms with Crippen molar-refractivity contribution in [3.05, 3.63) is 28.5 Å². The van der Waals surface area contributed by atoms with Crippen LogP contribution in [0.2, 0.25) is 0 Å². The van der Waals surface area contributed by atoms with Gasteiger partial charge in [-0.3, -0.25) is 9.78 Å². The zero-order valence-corrected chi connectivity index (χ0v) is 8.34. The number of carbonyl (C=O) groups excluding carboxylic acids is 1. The lowest BCUT2D eigenvalue weighted by atomic mass is 10.3. The highest BCUT2D eigenvalue weighted by atomic mass is 79.9. The second-order valence-electron chi connectivity index (χ2n) is 2.34. The minimum absolute atomic E-state index is 0.0759. The molecule has 66 valence electrons. The largest absolute Gasteiger partial charge is 0.369 e. The predicted molar refractivity (Wildman–Crippen MR) is 52.6 cm³/mol. The van der Waals surface area contributed by atoms with Crippen molar-refractivity contribution in [1.29, 1.82) is 0 Å². The first-order valence-corrected chi connectivity index (χ1v) is 4.35. The highest BCUT2D eigenvalue weighted by Gasteiger charge is 1.90. The molecule has 0 bridgehead atoms. The van der Waals surface area contributed by atoms with Crippen molar-refractivity contribution in [2.24, 2.45) is 5.73 Å². The van der Waals surface area contributed by atoms with E-state index in [0.29, 0.717) is 0 Å². The molecule has 1 rings (SSSR count). The Kier molecular flexibility index (Phi) is 3.47. The van der Waals surface area contributed by atoms with E-state index < -0.39 is 5.91 Å². The fraction of sp³-hybridized carbons (Fsp3) is 0.111. The van der Waals surface area contributed by atoms with E-state index in [4.69, 9.17) is 5.73 Å². The minimum atomic E-state index is -0.421. The number of carbonyl (C=O) groups is 1. The molecule has 1 aromatic heterocycles. The lowest BCUT2D eigenvalue weighted by Gasteiger charge is -1.89. The Morgan fingerprint density at radius 3 is 3.00 bits per heavy atom. The molecule has 0 aliphatic carbocycles. The first kappa shape index (κ1) is 9.75. The lowest BCUT2D eigenvalue weighted by molar-refractivity contribution is -0.117. The van der Waals surface area contributed by atoms with Crippen molar-refractivity contribution in [1.82, 2.24) is 4.98 Å². The van der Waals surface area contributed by atoms with Crippen molar-refractivity contribution in [2.75, 3.05) is 0 Å². The van der Waals surface area contributed by atoms with Crippen LogP contribution in [0, 0.1) is 11.8 Å². The summed E-state index contributed by atoms with van der Waals surface area (Å²) >= 11 is 3.26. The fourth-order valence-corrected chi connectivity index (χ4v) is 1.08. The molecule has 0 aromatic carbocycles. The first-order chi connectivity index (χ1) is 6.18. The Morgan fingerprint density at radius 1 is 1.62 bits per heavy atom. The number of pyridine rings is 1. The maximum absolute atomic E-state index is 10.4. The van der Waals surface area contributed by atoms with Crippen LogP contribution >= 0.6 is 15.9 Å². The average molecular weight is 239 g/mol. The fourth-order valence-electron chi connectivity index (χ4n) is 0.714. The number of primary amides is 1. The second kappa shape index (κ2) is 4.63. The SMILES string of the molecule is NC(=O)CC#Cc1cncc(Br)c1. The van der Waals surface area contributed by atoms with Crippen LogP contribution < -0.4 is 5.73 Å². The summed E-state index contributed by atoms with van der Waals surface area (Å²) < 4.78 is 0.860. The number of rotatable bonds is 1. The number of nitrogens with two attached hydrogens (primary N) is 1. The Hall–Kier alpha value is -1.34. The van der Waals surface area contributed by atoms with Crippen LogP contribution in [-0.4, -0.2) is 10.9 Å². The molecule has 1 heterocycles. The van der Waals surface area contributed by atoms with Gasteiger partial charge in [0.05, 0.1) is 6.42 Å². The monoisotopic (exact) mass is 238 g/mol. The molecule has 1 amide bonds. The number of aromatic nitrogens is 1. The summed E-state index contributed by atoms with van der Waals surface area (Å²) in [7, 11) is 0. The van der Waals surface area contributed by atoms with Crippen LogP contribution in [0.1, 0.15) is 12.0 Å². The van der Waals surface area contributed by atoms with Crippen LogP contribution in [0.3, 0.4) is 0 Å². The first-order valence-electron chi connectivity index (χ1n) is 3.56. The van der Waals surface area contributed by atoms with Crippen LogP contribution in [0.4, 0.5) is 0 Å². The topological polar surface area (TPSA) is 56.0 Å². The van der Waals surface area contributed by atoms with Crippen LogP contribution in [0.25, 0.3) is 0 Å². The predicted octanol–water partition coefficient (Wildman–Crippen LogP) is 1.07. The highest BCUT2D eigenvalue weighted by Crippen LogP contribution is 2.08. The molecule has 0 saturated carbocycles. The molecule has 3 nitrogen and oxygen atoms in total. The molecule has 0 unspecified atom stereocenters. The van der Waals surface area contributed by atoms with Gasteiger partial charge in [0.1, 0.15) is 0 Å². The maximum Gasteiger partial charge on any atom is 0.229 e. The standard InChI is InChI=1S/C9H7BrN2O/c10-8-4-7(5-12-6-8)2-1-3-9(11)13/h4-6H,3H2,(H2,11,13). The number of hydrogen-bond donors (Lipinski definition) is 1. The normalized spacial score (nSPS) is 8.69. The summed E-state index contributed by atoms with van der Waals surface area (Å²) in [5.74, 6) is 5.00. The van der Waals surface area contributed by atoms with Gasteiger partial charge in [0, 0.05) is 22.4 Å². The van der Waals surface area contributed by atoms with Crippen molar-refractivity contribution >= 4 is 21.8 Å². The summed E-state index contributed by atoms with van der Waals surface area (Å²) in [6.45, 7) is 0. The number of nitrogens with zero attached hydrogens (tertiary/aromatic N) is 1. The summed E-state index contributed by atoms with van der Waals surface area (Å²) in [4.78, 5) is 14.3. The van der Waals surface area contributed by atoms with E-state index in [2.05, 4.69) is 32.8 Å². The average Bonchev–Trinajstić information content (AvgIpc) is 2.03. The molecular weight excluding hydrogens is 232 g/mol. The van der Waals surface area contributed by atoms with Gasteiger partial charge < -0.3 is 5.73 Å². The molecule has 2 N–H and O–H groups in total. The van der Waals surface area contributed by atoms with E-state index in [1.165, 1.54) is 0 Å². The van der Waals surface area contributed by atoms with Crippen LogP contribution in [0.15, 0.2) is 22.9 Å². The Bertz CT molecular complexity index is 379. The van der Waals surface area contributed by atoms with Gasteiger partial charge in [-0.15, -0.1) is 0 Å². The molecule has 0 saturated heterocycles.